The number of aromatic nitrogens is 1. The van der Waals surface area contributed by atoms with E-state index in [4.69, 9.17) is 14.2 Å². The normalized spacial score (nSPS) is 19.4. The molecule has 1 fully saturated rings. The molecule has 0 radical (unpaired) electrons. The highest BCUT2D eigenvalue weighted by Gasteiger charge is 2.38. The molecule has 3 aliphatic heterocycles. The molecule has 0 saturated carbocycles. The molecule has 3 aromatic rings. The Labute approximate surface area is 207 Å². The first-order valence-corrected chi connectivity index (χ1v) is 12.0. The van der Waals surface area contributed by atoms with Crippen molar-refractivity contribution in [3.05, 3.63) is 82.3 Å². The monoisotopic (exact) mass is 487 g/mol. The fourth-order valence-corrected chi connectivity index (χ4v) is 5.31. The molecule has 1 aromatic heterocycles. The fourth-order valence-electron chi connectivity index (χ4n) is 5.31. The third kappa shape index (κ3) is 4.17. The molecule has 2 atom stereocenters. The van der Waals surface area contributed by atoms with E-state index in [9.17, 15) is 14.4 Å². The number of piperidine rings is 1. The Hall–Kier alpha value is -4.27. The van der Waals surface area contributed by atoms with Gasteiger partial charge in [-0.3, -0.25) is 14.4 Å². The van der Waals surface area contributed by atoms with Crippen molar-refractivity contribution in [3.63, 3.8) is 0 Å². The van der Waals surface area contributed by atoms with Gasteiger partial charge in [0.05, 0.1) is 5.69 Å². The van der Waals surface area contributed by atoms with Crippen LogP contribution in [0, 0.1) is 5.92 Å². The fraction of sp³-hybridized carbons (Fsp3) is 0.296. The molecule has 1 N–H and O–H groups in total. The number of anilines is 1. The minimum atomic E-state index is -0.308. The van der Waals surface area contributed by atoms with Gasteiger partial charge in [-0.15, -0.1) is 0 Å². The number of ether oxygens (including phenoxy) is 3. The number of pyridine rings is 1. The van der Waals surface area contributed by atoms with Gasteiger partial charge in [0.15, 0.2) is 18.1 Å². The zero-order chi connectivity index (χ0) is 24.6. The second kappa shape index (κ2) is 9.07. The maximum Gasteiger partial charge on any atom is 0.260 e. The Bertz CT molecular complexity index is 1390. The lowest BCUT2D eigenvalue weighted by Gasteiger charge is -2.43. The molecule has 3 aliphatic rings. The lowest BCUT2D eigenvalue weighted by Crippen LogP contribution is -2.50. The minimum Gasteiger partial charge on any atom is -0.484 e. The highest BCUT2D eigenvalue weighted by Crippen LogP contribution is 2.39. The number of nitrogens with one attached hydrogen (secondary N) is 1. The summed E-state index contributed by atoms with van der Waals surface area (Å²) < 4.78 is 18.1. The SMILES string of the molecule is O=C(Nc1ccc(=O)n2c1[C@@H]1C[C@@H](CN(C(=O)COc3ccccc3)C1)C2)c1ccc2c(c1)OCO2. The van der Waals surface area contributed by atoms with Crippen molar-refractivity contribution in [2.24, 2.45) is 5.92 Å². The molecule has 1 saturated heterocycles. The number of carbonyl (C=O) groups is 2. The van der Waals surface area contributed by atoms with Crippen LogP contribution >= 0.6 is 0 Å². The van der Waals surface area contributed by atoms with Crippen LogP contribution in [0.4, 0.5) is 5.69 Å². The quantitative estimate of drug-likeness (QED) is 0.594. The van der Waals surface area contributed by atoms with Gasteiger partial charge in [0.1, 0.15) is 5.75 Å². The second-order valence-corrected chi connectivity index (χ2v) is 9.30. The van der Waals surface area contributed by atoms with E-state index in [0.717, 1.165) is 12.1 Å². The number of carbonyl (C=O) groups excluding carboxylic acids is 2. The van der Waals surface area contributed by atoms with Gasteiger partial charge in [-0.25, -0.2) is 0 Å². The molecular formula is C27H25N3O6. The zero-order valence-electron chi connectivity index (χ0n) is 19.5. The molecule has 6 rings (SSSR count). The van der Waals surface area contributed by atoms with Gasteiger partial charge in [-0.05, 0) is 48.7 Å². The largest absolute Gasteiger partial charge is 0.484 e. The molecular weight excluding hydrogens is 462 g/mol. The molecule has 9 heteroatoms. The average Bonchev–Trinajstić information content (AvgIpc) is 3.37. The van der Waals surface area contributed by atoms with Gasteiger partial charge in [0, 0.05) is 42.9 Å². The summed E-state index contributed by atoms with van der Waals surface area (Å²) in [6.07, 6.45) is 0.847. The topological polar surface area (TPSA) is 99.1 Å². The molecule has 36 heavy (non-hydrogen) atoms. The van der Waals surface area contributed by atoms with Crippen LogP contribution in [0.2, 0.25) is 0 Å². The lowest BCUT2D eigenvalue weighted by atomic mass is 9.82. The predicted octanol–water partition coefficient (Wildman–Crippen LogP) is 2.85. The Morgan fingerprint density at radius 3 is 2.67 bits per heavy atom. The summed E-state index contributed by atoms with van der Waals surface area (Å²) in [7, 11) is 0. The molecule has 0 spiro atoms. The van der Waals surface area contributed by atoms with Gasteiger partial charge in [-0.2, -0.15) is 0 Å². The van der Waals surface area contributed by atoms with E-state index in [2.05, 4.69) is 5.32 Å². The molecule has 2 bridgehead atoms. The van der Waals surface area contributed by atoms with Crippen molar-refractivity contribution >= 4 is 17.5 Å². The van der Waals surface area contributed by atoms with Crippen LogP contribution in [0.15, 0.2) is 65.5 Å². The van der Waals surface area contributed by atoms with Crippen molar-refractivity contribution < 1.29 is 23.8 Å². The maximum atomic E-state index is 13.1. The van der Waals surface area contributed by atoms with Gasteiger partial charge >= 0.3 is 0 Å². The van der Waals surface area contributed by atoms with Crippen molar-refractivity contribution in [3.8, 4) is 17.2 Å². The number of amides is 2. The Morgan fingerprint density at radius 2 is 1.81 bits per heavy atom. The third-order valence-corrected chi connectivity index (χ3v) is 6.93. The Morgan fingerprint density at radius 1 is 0.972 bits per heavy atom. The molecule has 9 nitrogen and oxygen atoms in total. The molecule has 184 valence electrons. The van der Waals surface area contributed by atoms with Crippen LogP contribution in [0.1, 0.15) is 28.4 Å². The van der Waals surface area contributed by atoms with Gasteiger partial charge in [0.25, 0.3) is 17.4 Å². The number of nitrogens with zero attached hydrogens (tertiary/aromatic N) is 2. The molecule has 4 heterocycles. The minimum absolute atomic E-state index is 0.0429. The Balaban J connectivity index is 1.22. The summed E-state index contributed by atoms with van der Waals surface area (Å²) in [4.78, 5) is 40.6. The van der Waals surface area contributed by atoms with Crippen LogP contribution in [-0.2, 0) is 11.3 Å². The summed E-state index contributed by atoms with van der Waals surface area (Å²) in [5.74, 6) is 1.46. The number of hydrogen-bond donors (Lipinski definition) is 1. The van der Waals surface area contributed by atoms with Gasteiger partial charge in [0.2, 0.25) is 6.79 Å². The summed E-state index contributed by atoms with van der Waals surface area (Å²) in [6.45, 7) is 1.63. The van der Waals surface area contributed by atoms with Crippen LogP contribution < -0.4 is 25.1 Å². The molecule has 0 aliphatic carbocycles. The average molecular weight is 488 g/mol. The predicted molar refractivity (Wildman–Crippen MR) is 131 cm³/mol. The molecule has 0 unspecified atom stereocenters. The number of likely N-dealkylation sites (tertiary alicyclic amines) is 1. The molecule has 2 aromatic carbocycles. The summed E-state index contributed by atoms with van der Waals surface area (Å²) in [6, 6.07) is 17.4. The van der Waals surface area contributed by atoms with E-state index in [-0.39, 0.29) is 42.6 Å². The van der Waals surface area contributed by atoms with Crippen LogP contribution in [0.25, 0.3) is 0 Å². The summed E-state index contributed by atoms with van der Waals surface area (Å²) >= 11 is 0. The maximum absolute atomic E-state index is 13.1. The summed E-state index contributed by atoms with van der Waals surface area (Å²) in [5.41, 5.74) is 1.66. The van der Waals surface area contributed by atoms with Crippen molar-refractivity contribution in [2.75, 3.05) is 31.8 Å². The van der Waals surface area contributed by atoms with Crippen molar-refractivity contribution in [2.45, 2.75) is 18.9 Å². The number of benzene rings is 2. The third-order valence-electron chi connectivity index (χ3n) is 6.93. The first-order chi connectivity index (χ1) is 17.5. The first-order valence-electron chi connectivity index (χ1n) is 12.0. The van der Waals surface area contributed by atoms with E-state index < -0.39 is 0 Å². The standard InChI is InChI=1S/C27H25N3O6/c31-24-9-7-21(28-27(33)18-6-8-22-23(11-18)36-16-35-22)26-19-10-17(13-30(24)26)12-29(14-19)25(32)15-34-20-4-2-1-3-5-20/h1-9,11,17,19H,10,12-16H2,(H,28,33)/t17-,19+/m0/s1. The number of fused-ring (bicyclic) bond motifs is 5. The van der Waals surface area contributed by atoms with E-state index in [1.54, 1.807) is 28.8 Å². The van der Waals surface area contributed by atoms with Crippen LogP contribution in [0.5, 0.6) is 17.2 Å². The highest BCUT2D eigenvalue weighted by atomic mass is 16.7. The van der Waals surface area contributed by atoms with E-state index in [0.29, 0.717) is 48.1 Å². The van der Waals surface area contributed by atoms with E-state index in [1.165, 1.54) is 6.07 Å². The lowest BCUT2D eigenvalue weighted by molar-refractivity contribution is -0.136. The van der Waals surface area contributed by atoms with Gasteiger partial charge in [-0.1, -0.05) is 18.2 Å². The van der Waals surface area contributed by atoms with Crippen LogP contribution in [0.3, 0.4) is 0 Å². The van der Waals surface area contributed by atoms with E-state index >= 15 is 0 Å². The second-order valence-electron chi connectivity index (χ2n) is 9.30. The number of rotatable bonds is 5. The van der Waals surface area contributed by atoms with E-state index in [1.807, 2.05) is 35.2 Å². The number of para-hydroxylation sites is 1. The van der Waals surface area contributed by atoms with Gasteiger partial charge < -0.3 is 29.0 Å². The Kier molecular flexibility index (Phi) is 5.59. The molecule has 2 amide bonds. The highest BCUT2D eigenvalue weighted by molar-refractivity contribution is 6.05. The van der Waals surface area contributed by atoms with Crippen molar-refractivity contribution in [1.29, 1.82) is 0 Å². The van der Waals surface area contributed by atoms with Crippen molar-refractivity contribution in [1.82, 2.24) is 9.47 Å². The van der Waals surface area contributed by atoms with Crippen LogP contribution in [-0.4, -0.2) is 47.8 Å². The summed E-state index contributed by atoms with van der Waals surface area (Å²) in [5, 5.41) is 2.98. The zero-order valence-corrected chi connectivity index (χ0v) is 19.5. The first kappa shape index (κ1) is 22.2. The smallest absolute Gasteiger partial charge is 0.260 e. The number of hydrogen-bond acceptors (Lipinski definition) is 6.